The summed E-state index contributed by atoms with van der Waals surface area (Å²) >= 11 is 0. The van der Waals surface area contributed by atoms with E-state index in [-0.39, 0.29) is 28.7 Å². The van der Waals surface area contributed by atoms with E-state index in [1.54, 1.807) is 6.08 Å². The maximum absolute atomic E-state index is 15.0. The summed E-state index contributed by atoms with van der Waals surface area (Å²) in [6, 6.07) is 8.88. The van der Waals surface area contributed by atoms with Gasteiger partial charge in [0.2, 0.25) is 5.88 Å². The van der Waals surface area contributed by atoms with Gasteiger partial charge in [-0.2, -0.15) is 0 Å². The Morgan fingerprint density at radius 1 is 1.17 bits per heavy atom. The van der Waals surface area contributed by atoms with Crippen LogP contribution >= 0.6 is 0 Å². The second kappa shape index (κ2) is 9.78. The van der Waals surface area contributed by atoms with Crippen molar-refractivity contribution in [1.29, 1.82) is 0 Å². The van der Waals surface area contributed by atoms with Gasteiger partial charge in [0, 0.05) is 55.6 Å². The summed E-state index contributed by atoms with van der Waals surface area (Å²) in [4.78, 5) is 14.0. The van der Waals surface area contributed by atoms with E-state index < -0.39 is 11.6 Å². The summed E-state index contributed by atoms with van der Waals surface area (Å²) in [5.74, 6) is -1.48. The zero-order valence-corrected chi connectivity index (χ0v) is 19.2. The van der Waals surface area contributed by atoms with Crippen molar-refractivity contribution < 1.29 is 13.5 Å². The largest absolute Gasteiger partial charge is 0.446 e. The fourth-order valence-electron chi connectivity index (χ4n) is 4.33. The van der Waals surface area contributed by atoms with E-state index in [1.807, 2.05) is 31.2 Å². The van der Waals surface area contributed by atoms with Crippen LogP contribution in [0.5, 0.6) is 11.6 Å². The monoisotopic (exact) mass is 474 g/mol. The molecule has 2 aliphatic rings. The van der Waals surface area contributed by atoms with Crippen LogP contribution in [0.4, 0.5) is 26.0 Å². The van der Waals surface area contributed by atoms with Crippen molar-refractivity contribution in [2.24, 2.45) is 0 Å². The quantitative estimate of drug-likeness (QED) is 0.479. The highest BCUT2D eigenvalue weighted by molar-refractivity contribution is 5.75. The number of halogens is 2. The minimum Gasteiger partial charge on any atom is -0.446 e. The Balaban J connectivity index is 1.35. The maximum Gasteiger partial charge on any atom is 0.288 e. The first-order chi connectivity index (χ1) is 17.0. The van der Waals surface area contributed by atoms with E-state index in [0.717, 1.165) is 50.1 Å². The lowest BCUT2D eigenvalue weighted by Crippen LogP contribution is -2.42. The molecule has 1 aromatic heterocycles. The van der Waals surface area contributed by atoms with E-state index in [1.165, 1.54) is 11.9 Å². The average molecular weight is 475 g/mol. The Bertz CT molecular complexity index is 1330. The number of nitrogens with one attached hydrogen (secondary N) is 2. The van der Waals surface area contributed by atoms with Gasteiger partial charge >= 0.3 is 0 Å². The summed E-state index contributed by atoms with van der Waals surface area (Å²) in [6.07, 6.45) is 3.19. The fraction of sp³-hybridized carbons (Fsp3) is 0.269. The normalized spacial score (nSPS) is 15.3. The number of hydrogen-bond donors (Lipinski definition) is 2. The predicted octanol–water partition coefficient (Wildman–Crippen LogP) is 5.21. The molecule has 0 amide bonds. The second-order valence-electron chi connectivity index (χ2n) is 8.67. The minimum absolute atomic E-state index is 0.0237. The summed E-state index contributed by atoms with van der Waals surface area (Å²) in [6.45, 7) is 14.3. The zero-order valence-electron chi connectivity index (χ0n) is 19.2. The molecule has 0 spiro atoms. The molecule has 0 atom stereocenters. The van der Waals surface area contributed by atoms with Gasteiger partial charge in [0.1, 0.15) is 18.0 Å². The van der Waals surface area contributed by atoms with E-state index >= 15 is 4.39 Å². The van der Waals surface area contributed by atoms with Crippen molar-refractivity contribution in [2.45, 2.75) is 19.9 Å². The minimum atomic E-state index is -0.678. The molecular formula is C26H24F2N6O. The highest BCUT2D eigenvalue weighted by Crippen LogP contribution is 2.40. The number of allylic oxidation sites excluding steroid dienone is 1. The fourth-order valence-corrected chi connectivity index (χ4v) is 4.33. The van der Waals surface area contributed by atoms with Crippen LogP contribution in [0.3, 0.4) is 0 Å². The van der Waals surface area contributed by atoms with Crippen molar-refractivity contribution >= 4 is 23.3 Å². The van der Waals surface area contributed by atoms with Gasteiger partial charge in [0.05, 0.1) is 6.57 Å². The van der Waals surface area contributed by atoms with Gasteiger partial charge in [-0.15, -0.1) is 0 Å². The van der Waals surface area contributed by atoms with E-state index in [9.17, 15) is 4.39 Å². The van der Waals surface area contributed by atoms with Crippen LogP contribution in [0.1, 0.15) is 23.6 Å². The van der Waals surface area contributed by atoms with Crippen LogP contribution in [0.15, 0.2) is 42.2 Å². The van der Waals surface area contributed by atoms with Gasteiger partial charge in [0.15, 0.2) is 11.6 Å². The molecule has 1 fully saturated rings. The van der Waals surface area contributed by atoms with Gasteiger partial charge in [-0.25, -0.2) is 23.6 Å². The number of hydrogen-bond acceptors (Lipinski definition) is 6. The Kier molecular flexibility index (Phi) is 6.40. The SMILES string of the molecule is [C-]#[N+]c1c(Nc2ccc(CN3CCNCC3)cc2)ncnc1Oc1cc(F)c2c(c1F)C=C(C)C2. The number of piperazine rings is 1. The molecule has 7 nitrogen and oxygen atoms in total. The molecule has 1 aliphatic heterocycles. The van der Waals surface area contributed by atoms with Crippen molar-refractivity contribution in [3.05, 3.63) is 82.0 Å². The molecule has 0 radical (unpaired) electrons. The van der Waals surface area contributed by atoms with Crippen LogP contribution in [0, 0.1) is 18.2 Å². The number of benzene rings is 2. The second-order valence-corrected chi connectivity index (χ2v) is 8.67. The van der Waals surface area contributed by atoms with Gasteiger partial charge in [-0.05, 0) is 31.0 Å². The summed E-state index contributed by atoms with van der Waals surface area (Å²) in [5.41, 5.74) is 3.25. The molecule has 1 aliphatic carbocycles. The number of ether oxygens (including phenoxy) is 1. The Morgan fingerprint density at radius 3 is 2.69 bits per heavy atom. The van der Waals surface area contributed by atoms with Crippen molar-refractivity contribution in [2.75, 3.05) is 31.5 Å². The lowest BCUT2D eigenvalue weighted by Gasteiger charge is -2.27. The molecule has 5 rings (SSSR count). The molecule has 1 saturated heterocycles. The van der Waals surface area contributed by atoms with E-state index in [4.69, 9.17) is 11.3 Å². The Hall–Kier alpha value is -3.87. The molecule has 0 bridgehead atoms. The number of fused-ring (bicyclic) bond motifs is 1. The van der Waals surface area contributed by atoms with Crippen LogP contribution in [-0.4, -0.2) is 41.0 Å². The zero-order chi connectivity index (χ0) is 24.4. The molecule has 35 heavy (non-hydrogen) atoms. The molecule has 9 heteroatoms. The van der Waals surface area contributed by atoms with Crippen molar-refractivity contribution in [1.82, 2.24) is 20.2 Å². The molecule has 178 valence electrons. The van der Waals surface area contributed by atoms with Crippen LogP contribution in [0.25, 0.3) is 10.9 Å². The molecule has 3 aromatic rings. The highest BCUT2D eigenvalue weighted by Gasteiger charge is 2.24. The first-order valence-corrected chi connectivity index (χ1v) is 11.4. The van der Waals surface area contributed by atoms with Crippen molar-refractivity contribution in [3.8, 4) is 11.6 Å². The third-order valence-electron chi connectivity index (χ3n) is 6.11. The van der Waals surface area contributed by atoms with E-state index in [0.29, 0.717) is 12.0 Å². The maximum atomic E-state index is 15.0. The topological polar surface area (TPSA) is 66.7 Å². The van der Waals surface area contributed by atoms with Gasteiger partial charge < -0.3 is 15.4 Å². The van der Waals surface area contributed by atoms with Crippen molar-refractivity contribution in [3.63, 3.8) is 0 Å². The van der Waals surface area contributed by atoms with Crippen LogP contribution < -0.4 is 15.4 Å². The molecule has 2 heterocycles. The lowest BCUT2D eigenvalue weighted by molar-refractivity contribution is 0.233. The molecule has 2 aromatic carbocycles. The van der Waals surface area contributed by atoms with Crippen LogP contribution in [0.2, 0.25) is 0 Å². The van der Waals surface area contributed by atoms with Crippen LogP contribution in [-0.2, 0) is 13.0 Å². The number of nitrogens with zero attached hydrogens (tertiary/aromatic N) is 4. The van der Waals surface area contributed by atoms with Gasteiger partial charge in [-0.1, -0.05) is 23.8 Å². The summed E-state index contributed by atoms with van der Waals surface area (Å²) in [7, 11) is 0. The third kappa shape index (κ3) is 4.85. The summed E-state index contributed by atoms with van der Waals surface area (Å²) in [5, 5.41) is 6.45. The Labute approximate surface area is 202 Å². The predicted molar refractivity (Wildman–Crippen MR) is 130 cm³/mol. The smallest absolute Gasteiger partial charge is 0.288 e. The molecule has 0 saturated carbocycles. The number of rotatable bonds is 6. The first-order valence-electron chi connectivity index (χ1n) is 11.4. The first kappa shape index (κ1) is 22.9. The molecule has 2 N–H and O–H groups in total. The van der Waals surface area contributed by atoms with Gasteiger partial charge in [0.25, 0.3) is 5.69 Å². The lowest BCUT2D eigenvalue weighted by atomic mass is 10.1. The third-order valence-corrected chi connectivity index (χ3v) is 6.11. The number of aromatic nitrogens is 2. The molecular weight excluding hydrogens is 450 g/mol. The highest BCUT2D eigenvalue weighted by atomic mass is 19.1. The average Bonchev–Trinajstić information content (AvgIpc) is 3.27. The van der Waals surface area contributed by atoms with Gasteiger partial charge in [-0.3, -0.25) is 4.90 Å². The number of anilines is 2. The molecule has 0 unspecified atom stereocenters. The van der Waals surface area contributed by atoms with E-state index in [2.05, 4.69) is 30.3 Å². The standard InChI is InChI=1S/C26H24F2N6O/c1-16-11-19-20(12-16)23(28)22(13-21(19)27)35-26-24(29-2)25(31-15-32-26)33-18-5-3-17(4-6-18)14-34-9-7-30-8-10-34/h3-6,12-13,15,30H,7-11,14H2,1H3,(H,31,32,33). The summed E-state index contributed by atoms with van der Waals surface area (Å²) < 4.78 is 35.2. The Morgan fingerprint density at radius 2 is 1.94 bits per heavy atom.